The zero-order chi connectivity index (χ0) is 20.8. The monoisotopic (exact) mass is 409 g/mol. The molecule has 3 rings (SSSR count). The van der Waals surface area contributed by atoms with Gasteiger partial charge in [-0.25, -0.2) is 0 Å². The molecular formula is C22H20ClN3O3. The second kappa shape index (κ2) is 9.21. The van der Waals surface area contributed by atoms with Crippen LogP contribution in [0.3, 0.4) is 0 Å². The molecule has 0 radical (unpaired) electrons. The lowest BCUT2D eigenvalue weighted by Crippen LogP contribution is -2.12. The van der Waals surface area contributed by atoms with Crippen molar-refractivity contribution in [1.29, 1.82) is 0 Å². The largest absolute Gasteiger partial charge is 0.495 e. The van der Waals surface area contributed by atoms with E-state index in [1.54, 1.807) is 67.7 Å². The molecule has 7 heteroatoms. The highest BCUT2D eigenvalue weighted by Gasteiger charge is 2.11. The molecule has 0 unspecified atom stereocenters. The molecule has 0 saturated heterocycles. The van der Waals surface area contributed by atoms with E-state index >= 15 is 0 Å². The smallest absolute Gasteiger partial charge is 0.255 e. The molecule has 1 heterocycles. The van der Waals surface area contributed by atoms with Crippen LogP contribution in [0.4, 0.5) is 11.4 Å². The summed E-state index contributed by atoms with van der Waals surface area (Å²) < 4.78 is 5.11. The lowest BCUT2D eigenvalue weighted by Gasteiger charge is -2.11. The summed E-state index contributed by atoms with van der Waals surface area (Å²) in [6, 6.07) is 15.6. The van der Waals surface area contributed by atoms with Gasteiger partial charge in [-0.1, -0.05) is 30.7 Å². The zero-order valence-electron chi connectivity index (χ0n) is 16.0. The molecule has 29 heavy (non-hydrogen) atoms. The first-order chi connectivity index (χ1) is 14.0. The normalized spacial score (nSPS) is 10.3. The van der Waals surface area contributed by atoms with Gasteiger partial charge in [0.05, 0.1) is 23.5 Å². The van der Waals surface area contributed by atoms with Crippen molar-refractivity contribution in [3.05, 3.63) is 71.4 Å². The van der Waals surface area contributed by atoms with Gasteiger partial charge >= 0.3 is 0 Å². The average Bonchev–Trinajstić information content (AvgIpc) is 2.74. The standard InChI is InChI=1S/C22H20ClN3O3/c1-3-20(27)26-18-5-4-12-24-21(18)14-6-8-15(9-7-14)22(28)25-16-10-11-19(29-2)17(23)13-16/h4-13H,3H2,1-2H3,(H,25,28)(H,26,27). The van der Waals surface area contributed by atoms with Crippen LogP contribution in [0, 0.1) is 0 Å². The van der Waals surface area contributed by atoms with Crippen molar-refractivity contribution in [1.82, 2.24) is 4.98 Å². The predicted octanol–water partition coefficient (Wildman–Crippen LogP) is 5.01. The maximum atomic E-state index is 12.5. The number of rotatable bonds is 6. The SMILES string of the molecule is CCC(=O)Nc1cccnc1-c1ccc(C(=O)Nc2ccc(OC)c(Cl)c2)cc1. The average molecular weight is 410 g/mol. The Morgan fingerprint density at radius 2 is 1.83 bits per heavy atom. The van der Waals surface area contributed by atoms with Crippen LogP contribution in [0.15, 0.2) is 60.8 Å². The Morgan fingerprint density at radius 3 is 2.48 bits per heavy atom. The fraction of sp³-hybridized carbons (Fsp3) is 0.136. The van der Waals surface area contributed by atoms with Crippen molar-refractivity contribution >= 4 is 34.8 Å². The lowest BCUT2D eigenvalue weighted by molar-refractivity contribution is -0.115. The van der Waals surface area contributed by atoms with E-state index in [0.717, 1.165) is 5.56 Å². The number of aromatic nitrogens is 1. The highest BCUT2D eigenvalue weighted by molar-refractivity contribution is 6.32. The summed E-state index contributed by atoms with van der Waals surface area (Å²) in [5, 5.41) is 6.06. The number of methoxy groups -OCH3 is 1. The number of ether oxygens (including phenoxy) is 1. The van der Waals surface area contributed by atoms with Gasteiger partial charge in [0.15, 0.2) is 0 Å². The van der Waals surface area contributed by atoms with E-state index in [9.17, 15) is 9.59 Å². The number of pyridine rings is 1. The third kappa shape index (κ3) is 4.92. The van der Waals surface area contributed by atoms with Gasteiger partial charge in [0, 0.05) is 29.4 Å². The number of carbonyl (C=O) groups is 2. The van der Waals surface area contributed by atoms with E-state index in [2.05, 4.69) is 15.6 Å². The van der Waals surface area contributed by atoms with E-state index in [1.165, 1.54) is 7.11 Å². The molecule has 1 aromatic heterocycles. The minimum Gasteiger partial charge on any atom is -0.495 e. The van der Waals surface area contributed by atoms with Crippen LogP contribution in [0.25, 0.3) is 11.3 Å². The van der Waals surface area contributed by atoms with Gasteiger partial charge in [-0.05, 0) is 42.5 Å². The minimum absolute atomic E-state index is 0.0894. The van der Waals surface area contributed by atoms with Crippen LogP contribution in [0.5, 0.6) is 5.75 Å². The molecule has 3 aromatic rings. The summed E-state index contributed by atoms with van der Waals surface area (Å²) in [6.45, 7) is 1.79. The van der Waals surface area contributed by atoms with E-state index in [-0.39, 0.29) is 11.8 Å². The summed E-state index contributed by atoms with van der Waals surface area (Å²) in [6.07, 6.45) is 2.04. The molecule has 0 saturated carbocycles. The molecule has 0 fully saturated rings. The minimum atomic E-state index is -0.265. The fourth-order valence-electron chi connectivity index (χ4n) is 2.70. The van der Waals surface area contributed by atoms with Crippen molar-refractivity contribution in [2.45, 2.75) is 13.3 Å². The molecule has 0 atom stereocenters. The Labute approximate surface area is 173 Å². The molecule has 2 N–H and O–H groups in total. The van der Waals surface area contributed by atoms with Gasteiger partial charge in [0.2, 0.25) is 5.91 Å². The number of carbonyl (C=O) groups excluding carboxylic acids is 2. The molecule has 148 valence electrons. The molecule has 0 bridgehead atoms. The Hall–Kier alpha value is -3.38. The highest BCUT2D eigenvalue weighted by Crippen LogP contribution is 2.28. The summed E-state index contributed by atoms with van der Waals surface area (Å²) in [7, 11) is 1.53. The number of hydrogen-bond acceptors (Lipinski definition) is 4. The fourth-order valence-corrected chi connectivity index (χ4v) is 2.96. The second-order valence-corrected chi connectivity index (χ2v) is 6.59. The first-order valence-corrected chi connectivity index (χ1v) is 9.39. The van der Waals surface area contributed by atoms with Gasteiger partial charge in [0.25, 0.3) is 5.91 Å². The van der Waals surface area contributed by atoms with Crippen LogP contribution in [0.1, 0.15) is 23.7 Å². The van der Waals surface area contributed by atoms with E-state index in [4.69, 9.17) is 16.3 Å². The van der Waals surface area contributed by atoms with Crippen LogP contribution in [0.2, 0.25) is 5.02 Å². The van der Waals surface area contributed by atoms with Crippen molar-refractivity contribution in [2.75, 3.05) is 17.7 Å². The highest BCUT2D eigenvalue weighted by atomic mass is 35.5. The quantitative estimate of drug-likeness (QED) is 0.599. The Morgan fingerprint density at radius 1 is 1.07 bits per heavy atom. The Bertz CT molecular complexity index is 1040. The summed E-state index contributed by atoms with van der Waals surface area (Å²) >= 11 is 6.10. The predicted molar refractivity (Wildman–Crippen MR) is 115 cm³/mol. The van der Waals surface area contributed by atoms with Crippen LogP contribution in [-0.4, -0.2) is 23.9 Å². The molecule has 0 spiro atoms. The van der Waals surface area contributed by atoms with E-state index < -0.39 is 0 Å². The molecule has 2 aromatic carbocycles. The molecule has 2 amide bonds. The number of nitrogens with one attached hydrogen (secondary N) is 2. The van der Waals surface area contributed by atoms with Crippen LogP contribution < -0.4 is 15.4 Å². The van der Waals surface area contributed by atoms with Gasteiger partial charge in [-0.2, -0.15) is 0 Å². The number of amides is 2. The van der Waals surface area contributed by atoms with Crippen molar-refractivity contribution in [3.8, 4) is 17.0 Å². The molecule has 0 aliphatic rings. The zero-order valence-corrected chi connectivity index (χ0v) is 16.8. The van der Waals surface area contributed by atoms with Crippen molar-refractivity contribution in [2.24, 2.45) is 0 Å². The maximum absolute atomic E-state index is 12.5. The van der Waals surface area contributed by atoms with Gasteiger partial charge < -0.3 is 15.4 Å². The Kier molecular flexibility index (Phi) is 6.46. The van der Waals surface area contributed by atoms with Gasteiger partial charge in [0.1, 0.15) is 5.75 Å². The number of nitrogens with zero attached hydrogens (tertiary/aromatic N) is 1. The molecule has 0 aliphatic heterocycles. The van der Waals surface area contributed by atoms with Crippen LogP contribution in [-0.2, 0) is 4.79 Å². The Balaban J connectivity index is 1.78. The number of anilines is 2. The topological polar surface area (TPSA) is 80.3 Å². The number of halogens is 1. The van der Waals surface area contributed by atoms with Gasteiger partial charge in [-0.3, -0.25) is 14.6 Å². The van der Waals surface area contributed by atoms with Crippen molar-refractivity contribution < 1.29 is 14.3 Å². The van der Waals surface area contributed by atoms with E-state index in [0.29, 0.717) is 39.8 Å². The summed E-state index contributed by atoms with van der Waals surface area (Å²) in [5.74, 6) is 0.182. The second-order valence-electron chi connectivity index (χ2n) is 6.18. The number of benzene rings is 2. The first kappa shape index (κ1) is 20.4. The molecule has 6 nitrogen and oxygen atoms in total. The van der Waals surface area contributed by atoms with Gasteiger partial charge in [-0.15, -0.1) is 0 Å². The van der Waals surface area contributed by atoms with E-state index in [1.807, 2.05) is 0 Å². The molecule has 0 aliphatic carbocycles. The third-order valence-electron chi connectivity index (χ3n) is 4.23. The third-order valence-corrected chi connectivity index (χ3v) is 4.53. The maximum Gasteiger partial charge on any atom is 0.255 e. The first-order valence-electron chi connectivity index (χ1n) is 9.02. The molecular weight excluding hydrogens is 390 g/mol. The van der Waals surface area contributed by atoms with Crippen LogP contribution >= 0.6 is 11.6 Å². The number of hydrogen-bond donors (Lipinski definition) is 2. The summed E-state index contributed by atoms with van der Waals surface area (Å²) in [5.41, 5.74) is 3.11. The summed E-state index contributed by atoms with van der Waals surface area (Å²) in [4.78, 5) is 28.6. The lowest BCUT2D eigenvalue weighted by atomic mass is 10.1. The van der Waals surface area contributed by atoms with Crippen molar-refractivity contribution in [3.63, 3.8) is 0 Å².